The van der Waals surface area contributed by atoms with E-state index in [1.807, 2.05) is 42.5 Å². The number of benzene rings is 2. The smallest absolute Gasteiger partial charge is 0.267 e. The summed E-state index contributed by atoms with van der Waals surface area (Å²) in [5.41, 5.74) is 6.60. The third-order valence-electron chi connectivity index (χ3n) is 4.25. The third kappa shape index (κ3) is 5.66. The van der Waals surface area contributed by atoms with Gasteiger partial charge in [0.05, 0.1) is 10.2 Å². The summed E-state index contributed by atoms with van der Waals surface area (Å²) in [5.74, 6) is 0.673. The first-order chi connectivity index (χ1) is 13.7. The van der Waals surface area contributed by atoms with Crippen molar-refractivity contribution in [3.05, 3.63) is 59.7 Å². The van der Waals surface area contributed by atoms with E-state index in [0.29, 0.717) is 5.56 Å². The Kier molecular flexibility index (Phi) is 7.62. The lowest BCUT2D eigenvalue weighted by Crippen LogP contribution is -2.19. The normalized spacial score (nSPS) is 10.8. The van der Waals surface area contributed by atoms with Crippen LogP contribution in [0.25, 0.3) is 10.2 Å². The maximum Gasteiger partial charge on any atom is 0.271 e. The molecule has 0 spiro atoms. The van der Waals surface area contributed by atoms with E-state index in [9.17, 15) is 4.79 Å². The second-order valence-electron chi connectivity index (χ2n) is 6.55. The van der Waals surface area contributed by atoms with Crippen LogP contribution in [-0.4, -0.2) is 16.6 Å². The number of carbonyl (C=O) groups is 1. The fourth-order valence-corrected chi connectivity index (χ4v) is 4.84. The molecule has 3 rings (SSSR count). The molecule has 0 fully saturated rings. The van der Waals surface area contributed by atoms with Crippen molar-refractivity contribution < 1.29 is 4.79 Å². The molecule has 146 valence electrons. The number of nitrogens with one attached hydrogen (secondary N) is 1. The highest BCUT2D eigenvalue weighted by molar-refractivity contribution is 8.00. The minimum atomic E-state index is -0.157. The number of carbonyl (C=O) groups excluding carboxylic acids is 1. The average molecular weight is 412 g/mol. The zero-order valence-electron chi connectivity index (χ0n) is 16.3. The molecule has 0 aliphatic carbocycles. The Balaban J connectivity index is 1.56. The van der Waals surface area contributed by atoms with Crippen LogP contribution in [0.15, 0.2) is 58.0 Å². The Bertz CT molecular complexity index is 907. The second-order valence-corrected chi connectivity index (χ2v) is 8.81. The van der Waals surface area contributed by atoms with Crippen molar-refractivity contribution in [3.63, 3.8) is 0 Å². The van der Waals surface area contributed by atoms with Crippen molar-refractivity contribution in [2.45, 2.75) is 49.6 Å². The first-order valence-corrected chi connectivity index (χ1v) is 11.4. The largest absolute Gasteiger partial charge is 0.271 e. The molecule has 2 aromatic carbocycles. The number of nitrogens with zero attached hydrogens (tertiary/aromatic N) is 2. The molecule has 0 unspecified atom stereocenters. The van der Waals surface area contributed by atoms with E-state index >= 15 is 0 Å². The van der Waals surface area contributed by atoms with Gasteiger partial charge in [0.1, 0.15) is 0 Å². The van der Waals surface area contributed by atoms with Crippen LogP contribution in [0.1, 0.15) is 55.5 Å². The van der Waals surface area contributed by atoms with E-state index in [1.165, 1.54) is 10.3 Å². The molecule has 1 amide bonds. The molecule has 28 heavy (non-hydrogen) atoms. The molecule has 1 aromatic heterocycles. The molecular weight excluding hydrogens is 386 g/mol. The van der Waals surface area contributed by atoms with Gasteiger partial charge in [-0.2, -0.15) is 5.10 Å². The van der Waals surface area contributed by atoms with Gasteiger partial charge in [0.15, 0.2) is 4.34 Å². The van der Waals surface area contributed by atoms with Crippen LogP contribution in [0.4, 0.5) is 0 Å². The highest BCUT2D eigenvalue weighted by Crippen LogP contribution is 2.31. The number of amides is 1. The molecule has 4 nitrogen and oxygen atoms in total. The molecule has 0 radical (unpaired) electrons. The van der Waals surface area contributed by atoms with E-state index in [2.05, 4.69) is 35.4 Å². The van der Waals surface area contributed by atoms with Crippen molar-refractivity contribution in [2.75, 3.05) is 0 Å². The standard InChI is InChI=1S/C22H25N3OS2/c1-3-7-18(8-4-2)24-25-21(26)17-13-11-16(12-14-17)15-27-22-23-19-9-5-6-10-20(19)28-22/h5-6,9-14H,3-4,7-8,15H2,1-2H3,(H,25,26). The molecular formula is C22H25N3OS2. The first kappa shape index (κ1) is 20.6. The van der Waals surface area contributed by atoms with Gasteiger partial charge in [-0.25, -0.2) is 10.4 Å². The van der Waals surface area contributed by atoms with E-state index in [4.69, 9.17) is 0 Å². The molecule has 1 heterocycles. The van der Waals surface area contributed by atoms with Crippen molar-refractivity contribution >= 4 is 44.9 Å². The summed E-state index contributed by atoms with van der Waals surface area (Å²) >= 11 is 3.44. The van der Waals surface area contributed by atoms with Crippen LogP contribution in [0.2, 0.25) is 0 Å². The maximum atomic E-state index is 12.3. The Labute approximate surface area is 174 Å². The lowest BCUT2D eigenvalue weighted by Gasteiger charge is -2.06. The Hall–Kier alpha value is -2.18. The molecule has 0 aliphatic heterocycles. The minimum absolute atomic E-state index is 0.157. The number of hydrogen-bond donors (Lipinski definition) is 1. The van der Waals surface area contributed by atoms with Crippen LogP contribution in [0, 0.1) is 0 Å². The predicted octanol–water partition coefficient (Wildman–Crippen LogP) is 6.27. The summed E-state index contributed by atoms with van der Waals surface area (Å²) in [7, 11) is 0. The van der Waals surface area contributed by atoms with Crippen molar-refractivity contribution in [1.29, 1.82) is 0 Å². The van der Waals surface area contributed by atoms with Gasteiger partial charge in [-0.3, -0.25) is 4.79 Å². The van der Waals surface area contributed by atoms with Crippen LogP contribution < -0.4 is 5.43 Å². The topological polar surface area (TPSA) is 54.4 Å². The minimum Gasteiger partial charge on any atom is -0.267 e. The van der Waals surface area contributed by atoms with Gasteiger partial charge < -0.3 is 0 Å². The Morgan fingerprint density at radius 2 is 1.79 bits per heavy atom. The summed E-state index contributed by atoms with van der Waals surface area (Å²) in [6.45, 7) is 4.25. The molecule has 0 saturated heterocycles. The lowest BCUT2D eigenvalue weighted by molar-refractivity contribution is 0.0954. The number of aromatic nitrogens is 1. The number of thioether (sulfide) groups is 1. The number of thiazole rings is 1. The lowest BCUT2D eigenvalue weighted by atomic mass is 10.1. The van der Waals surface area contributed by atoms with Gasteiger partial charge >= 0.3 is 0 Å². The predicted molar refractivity (Wildman–Crippen MR) is 120 cm³/mol. The van der Waals surface area contributed by atoms with Crippen LogP contribution in [-0.2, 0) is 5.75 Å². The fraction of sp³-hybridized carbons (Fsp3) is 0.318. The molecule has 3 aromatic rings. The number of hydrogen-bond acceptors (Lipinski definition) is 5. The van der Waals surface area contributed by atoms with Crippen molar-refractivity contribution in [1.82, 2.24) is 10.4 Å². The summed E-state index contributed by atoms with van der Waals surface area (Å²) < 4.78 is 2.28. The fourth-order valence-electron chi connectivity index (χ4n) is 2.82. The summed E-state index contributed by atoms with van der Waals surface area (Å²) in [6.07, 6.45) is 3.93. The van der Waals surface area contributed by atoms with E-state index in [1.54, 1.807) is 23.1 Å². The van der Waals surface area contributed by atoms with E-state index in [-0.39, 0.29) is 5.91 Å². The van der Waals surface area contributed by atoms with Gasteiger partial charge in [-0.1, -0.05) is 62.7 Å². The van der Waals surface area contributed by atoms with Crippen molar-refractivity contribution in [2.24, 2.45) is 5.10 Å². The van der Waals surface area contributed by atoms with Crippen molar-refractivity contribution in [3.8, 4) is 0 Å². The second kappa shape index (κ2) is 10.4. The van der Waals surface area contributed by atoms with Gasteiger partial charge in [0.2, 0.25) is 0 Å². The van der Waals surface area contributed by atoms with Crippen LogP contribution in [0.5, 0.6) is 0 Å². The van der Waals surface area contributed by atoms with Gasteiger partial charge in [0, 0.05) is 17.0 Å². The highest BCUT2D eigenvalue weighted by Gasteiger charge is 2.07. The molecule has 6 heteroatoms. The summed E-state index contributed by atoms with van der Waals surface area (Å²) in [5, 5.41) is 4.30. The molecule has 0 bridgehead atoms. The van der Waals surface area contributed by atoms with E-state index < -0.39 is 0 Å². The third-order valence-corrected chi connectivity index (χ3v) is 6.50. The quantitative estimate of drug-likeness (QED) is 0.256. The Morgan fingerprint density at radius 3 is 2.46 bits per heavy atom. The SMILES string of the molecule is CCCC(CCC)=NNC(=O)c1ccc(CSc2nc3ccccc3s2)cc1. The van der Waals surface area contributed by atoms with Gasteiger partial charge in [-0.15, -0.1) is 11.3 Å². The van der Waals surface area contributed by atoms with Gasteiger partial charge in [0.25, 0.3) is 5.91 Å². The molecule has 0 atom stereocenters. The molecule has 0 aliphatic rings. The van der Waals surface area contributed by atoms with Crippen LogP contribution in [0.3, 0.4) is 0 Å². The summed E-state index contributed by atoms with van der Waals surface area (Å²) in [6, 6.07) is 15.9. The number of hydrazone groups is 1. The summed E-state index contributed by atoms with van der Waals surface area (Å²) in [4.78, 5) is 17.0. The number of rotatable bonds is 9. The number of fused-ring (bicyclic) bond motifs is 1. The van der Waals surface area contributed by atoms with Crippen LogP contribution >= 0.6 is 23.1 Å². The molecule has 1 N–H and O–H groups in total. The average Bonchev–Trinajstić information content (AvgIpc) is 3.14. The highest BCUT2D eigenvalue weighted by atomic mass is 32.2. The Morgan fingerprint density at radius 1 is 1.07 bits per heavy atom. The first-order valence-electron chi connectivity index (χ1n) is 9.62. The zero-order valence-corrected chi connectivity index (χ0v) is 17.9. The number of para-hydroxylation sites is 1. The molecule has 0 saturated carbocycles. The monoisotopic (exact) mass is 411 g/mol. The zero-order chi connectivity index (χ0) is 19.8. The van der Waals surface area contributed by atoms with Gasteiger partial charge in [-0.05, 0) is 42.7 Å². The van der Waals surface area contributed by atoms with E-state index in [0.717, 1.165) is 47.0 Å². The maximum absolute atomic E-state index is 12.3.